The van der Waals surface area contributed by atoms with Crippen molar-refractivity contribution in [1.82, 2.24) is 0 Å². The average Bonchev–Trinajstić information content (AvgIpc) is 2.70. The molecule has 1 amide bonds. The van der Waals surface area contributed by atoms with Crippen molar-refractivity contribution in [1.29, 1.82) is 0 Å². The summed E-state index contributed by atoms with van der Waals surface area (Å²) in [5.74, 6) is 1.81. The van der Waals surface area contributed by atoms with Gasteiger partial charge in [0.05, 0.1) is 21.3 Å². The van der Waals surface area contributed by atoms with Crippen LogP contribution in [0.2, 0.25) is 0 Å². The van der Waals surface area contributed by atoms with Crippen LogP contribution >= 0.6 is 0 Å². The molecule has 2 rings (SSSR count). The fourth-order valence-electron chi connectivity index (χ4n) is 2.37. The minimum absolute atomic E-state index is 0.290. The van der Waals surface area contributed by atoms with Crippen molar-refractivity contribution in [3.05, 3.63) is 60.7 Å². The molecule has 6 heteroatoms. The van der Waals surface area contributed by atoms with E-state index in [0.29, 0.717) is 35.3 Å². The summed E-state index contributed by atoms with van der Waals surface area (Å²) in [5.41, 5.74) is 1.37. The minimum Gasteiger partial charge on any atom is -0.493 e. The van der Waals surface area contributed by atoms with E-state index in [1.807, 2.05) is 24.3 Å². The highest BCUT2D eigenvalue weighted by atomic mass is 16.5. The van der Waals surface area contributed by atoms with Crippen molar-refractivity contribution >= 4 is 17.7 Å². The van der Waals surface area contributed by atoms with E-state index in [9.17, 15) is 4.79 Å². The van der Waals surface area contributed by atoms with Crippen LogP contribution in [0.5, 0.6) is 23.0 Å². The average molecular weight is 369 g/mol. The Morgan fingerprint density at radius 1 is 1.07 bits per heavy atom. The monoisotopic (exact) mass is 369 g/mol. The molecule has 2 aromatic rings. The summed E-state index contributed by atoms with van der Waals surface area (Å²) in [4.78, 5) is 12.2. The molecular formula is C21H23NO5. The molecule has 0 fully saturated rings. The lowest BCUT2D eigenvalue weighted by atomic mass is 10.2. The Morgan fingerprint density at radius 3 is 2.37 bits per heavy atom. The number of benzene rings is 2. The Bertz CT molecular complexity index is 804. The summed E-state index contributed by atoms with van der Waals surface area (Å²) >= 11 is 0. The summed E-state index contributed by atoms with van der Waals surface area (Å²) in [6.45, 7) is 4.04. The van der Waals surface area contributed by atoms with Crippen LogP contribution in [0.4, 0.5) is 5.69 Å². The van der Waals surface area contributed by atoms with Gasteiger partial charge in [0, 0.05) is 23.9 Å². The van der Waals surface area contributed by atoms with E-state index in [1.54, 1.807) is 24.3 Å². The van der Waals surface area contributed by atoms with Gasteiger partial charge >= 0.3 is 0 Å². The van der Waals surface area contributed by atoms with Crippen LogP contribution in [0.3, 0.4) is 0 Å². The second kappa shape index (κ2) is 9.91. The molecule has 27 heavy (non-hydrogen) atoms. The number of carbonyl (C=O) groups is 1. The molecule has 142 valence electrons. The molecule has 0 aromatic heterocycles. The predicted octanol–water partition coefficient (Wildman–Crippen LogP) is 3.93. The van der Waals surface area contributed by atoms with E-state index in [1.165, 1.54) is 27.4 Å². The van der Waals surface area contributed by atoms with Crippen LogP contribution in [-0.2, 0) is 4.79 Å². The number of nitrogens with one attached hydrogen (secondary N) is 1. The van der Waals surface area contributed by atoms with Gasteiger partial charge in [-0.25, -0.2) is 0 Å². The molecule has 0 aliphatic carbocycles. The maximum atomic E-state index is 12.2. The summed E-state index contributed by atoms with van der Waals surface area (Å²) in [6, 6.07) is 10.7. The molecule has 0 aliphatic rings. The van der Waals surface area contributed by atoms with Crippen molar-refractivity contribution in [3.63, 3.8) is 0 Å². The number of rotatable bonds is 9. The summed E-state index contributed by atoms with van der Waals surface area (Å²) in [5, 5.41) is 2.78. The van der Waals surface area contributed by atoms with Crippen molar-refractivity contribution in [2.45, 2.75) is 0 Å². The topological polar surface area (TPSA) is 66.0 Å². The number of hydrogen-bond acceptors (Lipinski definition) is 5. The first-order chi connectivity index (χ1) is 13.1. The van der Waals surface area contributed by atoms with Gasteiger partial charge in [0.15, 0.2) is 11.5 Å². The zero-order valence-electron chi connectivity index (χ0n) is 15.7. The third kappa shape index (κ3) is 5.54. The fourth-order valence-corrected chi connectivity index (χ4v) is 2.37. The second-order valence-corrected chi connectivity index (χ2v) is 5.41. The van der Waals surface area contributed by atoms with Crippen LogP contribution in [0.15, 0.2) is 55.1 Å². The highest BCUT2D eigenvalue weighted by Gasteiger charge is 2.13. The number of hydrogen-bond donors (Lipinski definition) is 1. The van der Waals surface area contributed by atoms with Gasteiger partial charge < -0.3 is 24.3 Å². The number of methoxy groups -OCH3 is 3. The Labute approximate surface area is 159 Å². The Balaban J connectivity index is 2.11. The van der Waals surface area contributed by atoms with Gasteiger partial charge in [-0.2, -0.15) is 0 Å². The highest BCUT2D eigenvalue weighted by Crippen LogP contribution is 2.39. The lowest BCUT2D eigenvalue weighted by molar-refractivity contribution is -0.111. The molecule has 2 aromatic carbocycles. The molecule has 0 unspecified atom stereocenters. The van der Waals surface area contributed by atoms with E-state index in [-0.39, 0.29) is 5.91 Å². The molecule has 6 nitrogen and oxygen atoms in total. The van der Waals surface area contributed by atoms with Crippen LogP contribution in [0.25, 0.3) is 6.08 Å². The van der Waals surface area contributed by atoms with Crippen LogP contribution in [0, 0.1) is 0 Å². The molecular weight excluding hydrogens is 346 g/mol. The van der Waals surface area contributed by atoms with Gasteiger partial charge in [-0.05, 0) is 23.8 Å². The molecule has 0 atom stereocenters. The van der Waals surface area contributed by atoms with Gasteiger partial charge in [-0.1, -0.05) is 24.8 Å². The third-order valence-electron chi connectivity index (χ3n) is 3.59. The van der Waals surface area contributed by atoms with Gasteiger partial charge in [-0.15, -0.1) is 0 Å². The normalized spacial score (nSPS) is 10.3. The maximum absolute atomic E-state index is 12.2. The Kier molecular flexibility index (Phi) is 7.31. The van der Waals surface area contributed by atoms with Crippen LogP contribution < -0.4 is 24.3 Å². The smallest absolute Gasteiger partial charge is 0.248 e. The van der Waals surface area contributed by atoms with Crippen LogP contribution in [0.1, 0.15) is 5.56 Å². The van der Waals surface area contributed by atoms with E-state index in [4.69, 9.17) is 18.9 Å². The minimum atomic E-state index is -0.290. The third-order valence-corrected chi connectivity index (χ3v) is 3.59. The van der Waals surface area contributed by atoms with Gasteiger partial charge in [0.1, 0.15) is 12.4 Å². The number of anilines is 1. The van der Waals surface area contributed by atoms with E-state index in [2.05, 4.69) is 11.9 Å². The SMILES string of the molecule is C=CCOc1cccc(/C=C/C(=O)Nc2cc(OC)c(OC)c(OC)c2)c1. The molecule has 0 spiro atoms. The van der Waals surface area contributed by atoms with E-state index < -0.39 is 0 Å². The summed E-state index contributed by atoms with van der Waals surface area (Å²) in [6.07, 6.45) is 4.82. The zero-order chi connectivity index (χ0) is 19.6. The molecule has 0 bridgehead atoms. The first kappa shape index (κ1) is 19.9. The van der Waals surface area contributed by atoms with Crippen LogP contribution in [-0.4, -0.2) is 33.8 Å². The van der Waals surface area contributed by atoms with Crippen molar-refractivity contribution in [2.24, 2.45) is 0 Å². The molecule has 1 N–H and O–H groups in total. The summed E-state index contributed by atoms with van der Waals surface area (Å²) in [7, 11) is 4.56. The molecule has 0 saturated carbocycles. The number of amides is 1. The van der Waals surface area contributed by atoms with Crippen molar-refractivity contribution < 1.29 is 23.7 Å². The fraction of sp³-hybridized carbons (Fsp3) is 0.190. The first-order valence-electron chi connectivity index (χ1n) is 8.24. The predicted molar refractivity (Wildman–Crippen MR) is 106 cm³/mol. The first-order valence-corrected chi connectivity index (χ1v) is 8.24. The standard InChI is InChI=1S/C21H23NO5/c1-5-11-27-17-8-6-7-15(12-17)9-10-20(23)22-16-13-18(24-2)21(26-4)19(14-16)25-3/h5-10,12-14H,1,11H2,2-4H3,(H,22,23)/b10-9+. The lowest BCUT2D eigenvalue weighted by Crippen LogP contribution is -2.08. The number of ether oxygens (including phenoxy) is 4. The molecule has 0 saturated heterocycles. The van der Waals surface area contributed by atoms with E-state index >= 15 is 0 Å². The molecule has 0 heterocycles. The largest absolute Gasteiger partial charge is 0.493 e. The summed E-state index contributed by atoms with van der Waals surface area (Å²) < 4.78 is 21.3. The maximum Gasteiger partial charge on any atom is 0.248 e. The van der Waals surface area contributed by atoms with Crippen molar-refractivity contribution in [2.75, 3.05) is 33.3 Å². The lowest BCUT2D eigenvalue weighted by Gasteiger charge is -2.14. The molecule has 0 radical (unpaired) electrons. The quantitative estimate of drug-likeness (QED) is 0.536. The van der Waals surface area contributed by atoms with Gasteiger partial charge in [-0.3, -0.25) is 4.79 Å². The Hall–Kier alpha value is -3.41. The van der Waals surface area contributed by atoms with Gasteiger partial charge in [0.25, 0.3) is 0 Å². The molecule has 0 aliphatic heterocycles. The van der Waals surface area contributed by atoms with E-state index in [0.717, 1.165) is 5.56 Å². The number of carbonyl (C=O) groups excluding carboxylic acids is 1. The Morgan fingerprint density at radius 2 is 1.78 bits per heavy atom. The van der Waals surface area contributed by atoms with Gasteiger partial charge in [0.2, 0.25) is 11.7 Å². The zero-order valence-corrected chi connectivity index (χ0v) is 15.7. The highest BCUT2D eigenvalue weighted by molar-refractivity contribution is 6.02. The second-order valence-electron chi connectivity index (χ2n) is 5.41. The van der Waals surface area contributed by atoms with Crippen molar-refractivity contribution in [3.8, 4) is 23.0 Å².